The van der Waals surface area contributed by atoms with Crippen molar-refractivity contribution in [2.45, 2.75) is 17.7 Å². The average molecular weight is 392 g/mol. The number of ether oxygens (including phenoxy) is 1. The van der Waals surface area contributed by atoms with Crippen LogP contribution in [0.25, 0.3) is 0 Å². The highest BCUT2D eigenvalue weighted by atomic mass is 79.9. The Bertz CT molecular complexity index is 520. The Kier molecular flexibility index (Phi) is 8.95. The predicted octanol–water partition coefficient (Wildman–Crippen LogP) is 1.55. The summed E-state index contributed by atoms with van der Waals surface area (Å²) in [5.74, 6) is -0.779. The zero-order valence-electron chi connectivity index (χ0n) is 11.9. The van der Waals surface area contributed by atoms with Gasteiger partial charge in [-0.1, -0.05) is 15.9 Å². The maximum atomic E-state index is 12.0. The summed E-state index contributed by atoms with van der Waals surface area (Å²) >= 11 is 3.31. The van der Waals surface area contributed by atoms with Gasteiger partial charge in [0.1, 0.15) is 6.61 Å². The fourth-order valence-electron chi connectivity index (χ4n) is 1.58. The monoisotopic (exact) mass is 391 g/mol. The summed E-state index contributed by atoms with van der Waals surface area (Å²) in [7, 11) is -1.11. The van der Waals surface area contributed by atoms with E-state index in [2.05, 4.69) is 21.2 Å². The number of amides is 1. The van der Waals surface area contributed by atoms with E-state index in [1.807, 2.05) is 12.1 Å². The van der Waals surface area contributed by atoms with E-state index in [9.17, 15) is 13.8 Å². The average Bonchev–Trinajstić information content (AvgIpc) is 2.47. The molecule has 22 heavy (non-hydrogen) atoms. The molecule has 6 nitrogen and oxygen atoms in total. The van der Waals surface area contributed by atoms with Crippen molar-refractivity contribution in [3.63, 3.8) is 0 Å². The highest BCUT2D eigenvalue weighted by molar-refractivity contribution is 9.10. The predicted molar refractivity (Wildman–Crippen MR) is 86.1 cm³/mol. The molecule has 2 N–H and O–H groups in total. The van der Waals surface area contributed by atoms with Gasteiger partial charge < -0.3 is 15.2 Å². The second-order valence-electron chi connectivity index (χ2n) is 4.40. The summed E-state index contributed by atoms with van der Waals surface area (Å²) in [6, 6.07) is 7.24. The highest BCUT2D eigenvalue weighted by Crippen LogP contribution is 2.14. The third-order valence-corrected chi connectivity index (χ3v) is 4.59. The Labute approximate surface area is 139 Å². The molecule has 0 aliphatic heterocycles. The standard InChI is InChI=1S/C14H18BrNO5S/c15-11-3-5-12(6-4-11)22(20)9-1-2-13(17)16-7-8-21-10-14(18)19/h3-6H,1-2,7-10H2,(H,16,17)(H,18,19). The molecule has 0 bridgehead atoms. The van der Waals surface area contributed by atoms with Crippen LogP contribution in [0.3, 0.4) is 0 Å². The molecule has 0 fully saturated rings. The first-order chi connectivity index (χ1) is 10.5. The molecule has 0 aromatic heterocycles. The second kappa shape index (κ2) is 10.5. The highest BCUT2D eigenvalue weighted by Gasteiger charge is 2.06. The smallest absolute Gasteiger partial charge is 0.329 e. The van der Waals surface area contributed by atoms with Gasteiger partial charge in [-0.2, -0.15) is 0 Å². The van der Waals surface area contributed by atoms with Crippen molar-refractivity contribution in [1.82, 2.24) is 5.32 Å². The molecule has 0 saturated heterocycles. The Morgan fingerprint density at radius 3 is 2.59 bits per heavy atom. The van der Waals surface area contributed by atoms with Gasteiger partial charge in [0.15, 0.2) is 0 Å². The van der Waals surface area contributed by atoms with Crippen LogP contribution in [0.1, 0.15) is 12.8 Å². The van der Waals surface area contributed by atoms with Gasteiger partial charge in [0.25, 0.3) is 0 Å². The molecule has 0 aliphatic carbocycles. The Morgan fingerprint density at radius 1 is 1.27 bits per heavy atom. The van der Waals surface area contributed by atoms with Crippen LogP contribution in [0.4, 0.5) is 0 Å². The summed E-state index contributed by atoms with van der Waals surface area (Å²) in [5, 5.41) is 11.0. The number of carbonyl (C=O) groups is 2. The summed E-state index contributed by atoms with van der Waals surface area (Å²) < 4.78 is 17.7. The van der Waals surface area contributed by atoms with Crippen LogP contribution in [0.15, 0.2) is 33.6 Å². The van der Waals surface area contributed by atoms with E-state index < -0.39 is 16.8 Å². The van der Waals surface area contributed by atoms with Crippen LogP contribution in [0, 0.1) is 0 Å². The lowest BCUT2D eigenvalue weighted by molar-refractivity contribution is -0.142. The minimum absolute atomic E-state index is 0.156. The van der Waals surface area contributed by atoms with E-state index in [1.165, 1.54) is 0 Å². The van der Waals surface area contributed by atoms with E-state index >= 15 is 0 Å². The number of aliphatic carboxylic acids is 1. The minimum atomic E-state index is -1.11. The molecular weight excluding hydrogens is 374 g/mol. The van der Waals surface area contributed by atoms with Crippen LogP contribution >= 0.6 is 15.9 Å². The summed E-state index contributed by atoms with van der Waals surface area (Å²) in [5.41, 5.74) is 0. The molecule has 0 saturated carbocycles. The Hall–Kier alpha value is -1.25. The number of halogens is 1. The van der Waals surface area contributed by atoms with Crippen molar-refractivity contribution in [1.29, 1.82) is 0 Å². The maximum Gasteiger partial charge on any atom is 0.329 e. The van der Waals surface area contributed by atoms with Gasteiger partial charge in [0.05, 0.1) is 17.4 Å². The topological polar surface area (TPSA) is 92.7 Å². The normalized spacial score (nSPS) is 11.9. The van der Waals surface area contributed by atoms with Crippen LogP contribution in [0.5, 0.6) is 0 Å². The first kappa shape index (κ1) is 18.8. The quantitative estimate of drug-likeness (QED) is 0.590. The lowest BCUT2D eigenvalue weighted by Gasteiger charge is -2.05. The number of benzene rings is 1. The van der Waals surface area contributed by atoms with Crippen LogP contribution in [0.2, 0.25) is 0 Å². The lowest BCUT2D eigenvalue weighted by atomic mass is 10.3. The third-order valence-electron chi connectivity index (χ3n) is 2.60. The van der Waals surface area contributed by atoms with Gasteiger partial charge in [0, 0.05) is 28.1 Å². The largest absolute Gasteiger partial charge is 0.480 e. The molecule has 1 aromatic rings. The van der Waals surface area contributed by atoms with Gasteiger partial charge in [-0.3, -0.25) is 9.00 Å². The zero-order chi connectivity index (χ0) is 16.4. The molecule has 0 heterocycles. The summed E-state index contributed by atoms with van der Waals surface area (Å²) in [6.45, 7) is 0.0484. The van der Waals surface area contributed by atoms with Gasteiger partial charge in [-0.25, -0.2) is 4.79 Å². The van der Waals surface area contributed by atoms with Crippen molar-refractivity contribution in [2.24, 2.45) is 0 Å². The third kappa shape index (κ3) is 8.26. The molecule has 122 valence electrons. The number of hydrogen-bond donors (Lipinski definition) is 2. The van der Waals surface area contributed by atoms with Gasteiger partial charge >= 0.3 is 5.97 Å². The van der Waals surface area contributed by atoms with Crippen molar-refractivity contribution >= 4 is 38.6 Å². The second-order valence-corrected chi connectivity index (χ2v) is 6.89. The van der Waals surface area contributed by atoms with Gasteiger partial charge in [0.2, 0.25) is 5.91 Å². The SMILES string of the molecule is O=C(O)COCCNC(=O)CCCS(=O)c1ccc(Br)cc1. The van der Waals surface area contributed by atoms with Crippen LogP contribution in [-0.4, -0.2) is 46.7 Å². The molecule has 0 radical (unpaired) electrons. The first-order valence-corrected chi connectivity index (χ1v) is 8.80. The van der Waals surface area contributed by atoms with Crippen LogP contribution in [-0.2, 0) is 25.1 Å². The first-order valence-electron chi connectivity index (χ1n) is 6.69. The molecule has 1 unspecified atom stereocenters. The molecule has 1 amide bonds. The maximum absolute atomic E-state index is 12.0. The van der Waals surface area contributed by atoms with E-state index in [1.54, 1.807) is 12.1 Å². The van der Waals surface area contributed by atoms with Crippen molar-refractivity contribution in [2.75, 3.05) is 25.5 Å². The summed E-state index contributed by atoms with van der Waals surface area (Å²) in [6.07, 6.45) is 0.797. The van der Waals surface area contributed by atoms with E-state index in [0.29, 0.717) is 12.2 Å². The fourth-order valence-corrected chi connectivity index (χ4v) is 2.92. The fraction of sp³-hybridized carbons (Fsp3) is 0.429. The Morgan fingerprint density at radius 2 is 1.95 bits per heavy atom. The van der Waals surface area contributed by atoms with E-state index in [0.717, 1.165) is 9.37 Å². The van der Waals surface area contributed by atoms with Gasteiger partial charge in [-0.15, -0.1) is 0 Å². The number of carboxylic acid groups (broad SMARTS) is 1. The molecule has 0 aliphatic rings. The molecule has 1 rings (SSSR count). The van der Waals surface area contributed by atoms with E-state index in [-0.39, 0.29) is 32.1 Å². The van der Waals surface area contributed by atoms with E-state index in [4.69, 9.17) is 9.84 Å². The number of nitrogens with one attached hydrogen (secondary N) is 1. The van der Waals surface area contributed by atoms with Crippen LogP contribution < -0.4 is 5.32 Å². The van der Waals surface area contributed by atoms with Gasteiger partial charge in [-0.05, 0) is 30.7 Å². The molecule has 1 aromatic carbocycles. The zero-order valence-corrected chi connectivity index (χ0v) is 14.3. The number of carbonyl (C=O) groups excluding carboxylic acids is 1. The lowest BCUT2D eigenvalue weighted by Crippen LogP contribution is -2.28. The molecule has 1 atom stereocenters. The number of carboxylic acids is 1. The molecular formula is C14H18BrNO5S. The number of hydrogen-bond acceptors (Lipinski definition) is 4. The minimum Gasteiger partial charge on any atom is -0.480 e. The Balaban J connectivity index is 2.13. The van der Waals surface area contributed by atoms with Crippen molar-refractivity contribution in [3.05, 3.63) is 28.7 Å². The molecule has 8 heteroatoms. The summed E-state index contributed by atoms with van der Waals surface area (Å²) in [4.78, 5) is 22.4. The molecule has 0 spiro atoms. The van der Waals surface area contributed by atoms with Crippen molar-refractivity contribution in [3.8, 4) is 0 Å². The van der Waals surface area contributed by atoms with Crippen molar-refractivity contribution < 1.29 is 23.6 Å². The number of rotatable bonds is 10.